The molecule has 1 aliphatic rings. The minimum absolute atomic E-state index is 0.0793. The van der Waals surface area contributed by atoms with E-state index in [9.17, 15) is 9.59 Å². The highest BCUT2D eigenvalue weighted by atomic mass is 16.5. The Morgan fingerprint density at radius 3 is 3.00 bits per heavy atom. The van der Waals surface area contributed by atoms with Crippen LogP contribution in [0.15, 0.2) is 51.9 Å². The molecule has 1 aromatic carbocycles. The topological polar surface area (TPSA) is 86.4 Å². The van der Waals surface area contributed by atoms with Gasteiger partial charge in [-0.3, -0.25) is 14.2 Å². The van der Waals surface area contributed by atoms with Gasteiger partial charge < -0.3 is 14.5 Å². The molecule has 1 aliphatic heterocycles. The number of hydrogen-bond acceptors (Lipinski definition) is 5. The second-order valence-electron chi connectivity index (χ2n) is 6.31. The van der Waals surface area contributed by atoms with E-state index in [4.69, 9.17) is 9.15 Å². The predicted octanol–water partition coefficient (Wildman–Crippen LogP) is 1.95. The molecule has 2 aromatic heterocycles. The summed E-state index contributed by atoms with van der Waals surface area (Å²) in [6.07, 6.45) is 3.56. The van der Waals surface area contributed by atoms with Crippen molar-refractivity contribution in [2.45, 2.75) is 25.5 Å². The van der Waals surface area contributed by atoms with Crippen molar-refractivity contribution < 1.29 is 13.9 Å². The zero-order valence-corrected chi connectivity index (χ0v) is 14.2. The second-order valence-corrected chi connectivity index (χ2v) is 6.31. The minimum Gasteiger partial charge on any atom is -0.454 e. The zero-order chi connectivity index (χ0) is 17.9. The van der Waals surface area contributed by atoms with Gasteiger partial charge in [0.1, 0.15) is 5.76 Å². The van der Waals surface area contributed by atoms with Gasteiger partial charge in [-0.15, -0.1) is 0 Å². The van der Waals surface area contributed by atoms with E-state index in [1.807, 2.05) is 6.07 Å². The van der Waals surface area contributed by atoms with Crippen LogP contribution in [0.1, 0.15) is 29.2 Å². The molecule has 3 heterocycles. The summed E-state index contributed by atoms with van der Waals surface area (Å²) in [6, 6.07) is 10.5. The predicted molar refractivity (Wildman–Crippen MR) is 95.1 cm³/mol. The molecule has 0 radical (unpaired) electrons. The second kappa shape index (κ2) is 7.13. The van der Waals surface area contributed by atoms with Gasteiger partial charge in [0, 0.05) is 13.2 Å². The molecule has 134 valence electrons. The van der Waals surface area contributed by atoms with Gasteiger partial charge in [0.2, 0.25) is 0 Å². The summed E-state index contributed by atoms with van der Waals surface area (Å²) >= 11 is 0. The number of amides is 1. The van der Waals surface area contributed by atoms with Crippen LogP contribution < -0.4 is 10.9 Å². The molecule has 1 fully saturated rings. The molecule has 1 amide bonds. The van der Waals surface area contributed by atoms with Crippen LogP contribution in [0, 0.1) is 0 Å². The lowest BCUT2D eigenvalue weighted by atomic mass is 10.2. The number of furan rings is 1. The normalized spacial score (nSPS) is 16.8. The van der Waals surface area contributed by atoms with Crippen LogP contribution in [0.25, 0.3) is 10.9 Å². The average Bonchev–Trinajstić information content (AvgIpc) is 3.34. The fraction of sp³-hybridized carbons (Fsp3) is 0.316. The lowest BCUT2D eigenvalue weighted by Gasteiger charge is -2.09. The summed E-state index contributed by atoms with van der Waals surface area (Å²) in [6.45, 7) is 1.44. The largest absolute Gasteiger partial charge is 0.454 e. The number of ether oxygens (including phenoxy) is 1. The molecule has 1 atom stereocenters. The van der Waals surface area contributed by atoms with Crippen molar-refractivity contribution in [2.75, 3.05) is 13.2 Å². The van der Waals surface area contributed by atoms with Crippen LogP contribution in [0.3, 0.4) is 0 Å². The number of hydrogen-bond donors (Lipinski definition) is 1. The molecule has 0 unspecified atom stereocenters. The van der Waals surface area contributed by atoms with Crippen LogP contribution in [-0.4, -0.2) is 34.7 Å². The van der Waals surface area contributed by atoms with Crippen molar-refractivity contribution in [3.05, 3.63) is 64.6 Å². The van der Waals surface area contributed by atoms with Gasteiger partial charge in [-0.25, -0.2) is 4.98 Å². The Bertz CT molecular complexity index is 986. The molecule has 7 heteroatoms. The third-order valence-electron chi connectivity index (χ3n) is 4.46. The van der Waals surface area contributed by atoms with Crippen molar-refractivity contribution >= 4 is 16.8 Å². The maximum absolute atomic E-state index is 12.5. The number of fused-ring (bicyclic) bond motifs is 1. The molecule has 1 N–H and O–H groups in total. The van der Waals surface area contributed by atoms with Crippen molar-refractivity contribution in [3.8, 4) is 0 Å². The molecule has 26 heavy (non-hydrogen) atoms. The maximum Gasteiger partial charge on any atom is 0.287 e. The Balaban J connectivity index is 1.45. The Kier molecular flexibility index (Phi) is 4.53. The third kappa shape index (κ3) is 3.39. The molecule has 0 bridgehead atoms. The fourth-order valence-electron chi connectivity index (χ4n) is 3.07. The summed E-state index contributed by atoms with van der Waals surface area (Å²) in [7, 11) is 0. The monoisotopic (exact) mass is 353 g/mol. The highest BCUT2D eigenvalue weighted by molar-refractivity contribution is 5.91. The van der Waals surface area contributed by atoms with Gasteiger partial charge in [-0.05, 0) is 37.1 Å². The molecular formula is C19H19N3O4. The fourth-order valence-corrected chi connectivity index (χ4v) is 3.07. The Hall–Kier alpha value is -2.93. The van der Waals surface area contributed by atoms with Gasteiger partial charge >= 0.3 is 0 Å². The van der Waals surface area contributed by atoms with E-state index in [0.29, 0.717) is 23.2 Å². The van der Waals surface area contributed by atoms with Crippen LogP contribution in [0.4, 0.5) is 0 Å². The summed E-state index contributed by atoms with van der Waals surface area (Å²) in [4.78, 5) is 29.0. The van der Waals surface area contributed by atoms with Crippen molar-refractivity contribution in [1.82, 2.24) is 14.9 Å². The van der Waals surface area contributed by atoms with E-state index in [0.717, 1.165) is 19.4 Å². The standard InChI is InChI=1S/C19H19N3O4/c23-18(20-10-13-4-3-9-25-13)17-8-7-14(26-17)11-22-12-21-16-6-2-1-5-15(16)19(22)24/h1-2,5-8,12-13H,3-4,9-11H2,(H,20,23)/t13-/m0/s1. The molecule has 4 rings (SSSR count). The number of aromatic nitrogens is 2. The van der Waals surface area contributed by atoms with E-state index >= 15 is 0 Å². The Morgan fingerprint density at radius 1 is 1.27 bits per heavy atom. The minimum atomic E-state index is -0.282. The molecule has 0 saturated carbocycles. The molecule has 7 nitrogen and oxygen atoms in total. The lowest BCUT2D eigenvalue weighted by Crippen LogP contribution is -2.31. The maximum atomic E-state index is 12.5. The summed E-state index contributed by atoms with van der Waals surface area (Å²) in [5, 5.41) is 3.37. The van der Waals surface area contributed by atoms with E-state index in [1.165, 1.54) is 10.9 Å². The van der Waals surface area contributed by atoms with Gasteiger partial charge in [0.05, 0.1) is 29.9 Å². The Morgan fingerprint density at radius 2 is 2.15 bits per heavy atom. The van der Waals surface area contributed by atoms with Gasteiger partial charge in [0.15, 0.2) is 5.76 Å². The summed E-state index contributed by atoms with van der Waals surface area (Å²) < 4.78 is 12.5. The Labute approximate surface area is 149 Å². The number of rotatable bonds is 5. The average molecular weight is 353 g/mol. The first kappa shape index (κ1) is 16.5. The van der Waals surface area contributed by atoms with Gasteiger partial charge in [-0.1, -0.05) is 12.1 Å². The molecule has 0 spiro atoms. The van der Waals surface area contributed by atoms with E-state index in [2.05, 4.69) is 10.3 Å². The third-order valence-corrected chi connectivity index (χ3v) is 4.46. The molecule has 3 aromatic rings. The first-order chi connectivity index (χ1) is 12.7. The lowest BCUT2D eigenvalue weighted by molar-refractivity contribution is 0.0833. The highest BCUT2D eigenvalue weighted by Gasteiger charge is 2.18. The number of nitrogens with zero attached hydrogens (tertiary/aromatic N) is 2. The van der Waals surface area contributed by atoms with Crippen LogP contribution in [0.2, 0.25) is 0 Å². The van der Waals surface area contributed by atoms with Crippen molar-refractivity contribution in [3.63, 3.8) is 0 Å². The first-order valence-corrected chi connectivity index (χ1v) is 8.63. The summed E-state index contributed by atoms with van der Waals surface area (Å²) in [5.74, 6) is 0.460. The number of benzene rings is 1. The number of para-hydroxylation sites is 1. The van der Waals surface area contributed by atoms with Crippen LogP contribution in [0.5, 0.6) is 0 Å². The van der Waals surface area contributed by atoms with Crippen molar-refractivity contribution in [2.24, 2.45) is 0 Å². The number of carbonyl (C=O) groups is 1. The van der Waals surface area contributed by atoms with Crippen molar-refractivity contribution in [1.29, 1.82) is 0 Å². The SMILES string of the molecule is O=C(NC[C@@H]1CCCO1)c1ccc(Cn2cnc3ccccc3c2=O)o1. The van der Waals surface area contributed by atoms with Crippen LogP contribution >= 0.6 is 0 Å². The molecule has 1 saturated heterocycles. The molecular weight excluding hydrogens is 334 g/mol. The van der Waals surface area contributed by atoms with Gasteiger partial charge in [-0.2, -0.15) is 0 Å². The summed E-state index contributed by atoms with van der Waals surface area (Å²) in [5.41, 5.74) is 0.513. The highest BCUT2D eigenvalue weighted by Crippen LogP contribution is 2.13. The quantitative estimate of drug-likeness (QED) is 0.758. The first-order valence-electron chi connectivity index (χ1n) is 8.63. The number of carbonyl (C=O) groups excluding carboxylic acids is 1. The molecule has 0 aliphatic carbocycles. The van der Waals surface area contributed by atoms with E-state index in [-0.39, 0.29) is 29.9 Å². The smallest absolute Gasteiger partial charge is 0.287 e. The number of nitrogens with one attached hydrogen (secondary N) is 1. The van der Waals surface area contributed by atoms with Gasteiger partial charge in [0.25, 0.3) is 11.5 Å². The van der Waals surface area contributed by atoms with E-state index < -0.39 is 0 Å². The van der Waals surface area contributed by atoms with E-state index in [1.54, 1.807) is 30.3 Å². The van der Waals surface area contributed by atoms with Crippen LogP contribution in [-0.2, 0) is 11.3 Å². The zero-order valence-electron chi connectivity index (χ0n) is 14.2.